The van der Waals surface area contributed by atoms with Crippen molar-refractivity contribution in [3.8, 4) is 0 Å². The van der Waals surface area contributed by atoms with E-state index in [-0.39, 0.29) is 6.10 Å². The summed E-state index contributed by atoms with van der Waals surface area (Å²) in [6.07, 6.45) is 5.22. The van der Waals surface area contributed by atoms with Crippen LogP contribution in [0.15, 0.2) is 22.8 Å². The molecule has 1 aliphatic carbocycles. The highest BCUT2D eigenvalue weighted by Crippen LogP contribution is 2.37. The number of hydrogen-bond donors (Lipinski definition) is 0. The van der Waals surface area contributed by atoms with E-state index in [1.165, 1.54) is 12.8 Å². The van der Waals surface area contributed by atoms with Gasteiger partial charge in [-0.1, -0.05) is 0 Å². The molecule has 2 aromatic heterocycles. The number of hydrogen-bond acceptors (Lipinski definition) is 4. The molecule has 2 fully saturated rings. The highest BCUT2D eigenvalue weighted by molar-refractivity contribution is 9.10. The smallest absolute Gasteiger partial charge is 0.231 e. The van der Waals surface area contributed by atoms with Crippen molar-refractivity contribution in [1.29, 1.82) is 0 Å². The molecule has 4 rings (SSSR count). The second-order valence-electron chi connectivity index (χ2n) is 5.80. The van der Waals surface area contributed by atoms with E-state index in [1.54, 1.807) is 0 Å². The molecule has 0 radical (unpaired) electrons. The molecule has 3 heterocycles. The molecule has 6 heteroatoms. The van der Waals surface area contributed by atoms with Gasteiger partial charge in [0.15, 0.2) is 5.65 Å². The van der Waals surface area contributed by atoms with E-state index in [2.05, 4.69) is 38.0 Å². The summed E-state index contributed by atoms with van der Waals surface area (Å²) >= 11 is 3.51. The van der Waals surface area contributed by atoms with Crippen molar-refractivity contribution in [2.75, 3.05) is 18.0 Å². The molecule has 1 aliphatic heterocycles. The molecule has 0 spiro atoms. The zero-order valence-electron chi connectivity index (χ0n) is 11.4. The number of halogens is 1. The van der Waals surface area contributed by atoms with E-state index in [0.717, 1.165) is 35.1 Å². The number of morpholine rings is 1. The molecule has 0 bridgehead atoms. The van der Waals surface area contributed by atoms with E-state index in [9.17, 15) is 0 Å². The van der Waals surface area contributed by atoms with Gasteiger partial charge in [-0.15, -0.1) is 10.2 Å². The van der Waals surface area contributed by atoms with Gasteiger partial charge in [-0.25, -0.2) is 0 Å². The maximum atomic E-state index is 6.07. The Kier molecular flexibility index (Phi) is 2.96. The topological polar surface area (TPSA) is 42.7 Å². The van der Waals surface area contributed by atoms with Crippen molar-refractivity contribution in [2.24, 2.45) is 5.92 Å². The molecule has 2 atom stereocenters. The first-order valence-corrected chi connectivity index (χ1v) is 7.91. The third-order valence-electron chi connectivity index (χ3n) is 4.06. The first-order chi connectivity index (χ1) is 9.70. The normalized spacial score (nSPS) is 27.2. The van der Waals surface area contributed by atoms with Crippen LogP contribution < -0.4 is 4.90 Å². The lowest BCUT2D eigenvalue weighted by Gasteiger charge is -2.37. The van der Waals surface area contributed by atoms with Gasteiger partial charge >= 0.3 is 0 Å². The average molecular weight is 337 g/mol. The van der Waals surface area contributed by atoms with Gasteiger partial charge in [0.05, 0.1) is 12.2 Å². The van der Waals surface area contributed by atoms with Crippen molar-refractivity contribution in [2.45, 2.75) is 32.0 Å². The van der Waals surface area contributed by atoms with Gasteiger partial charge in [0, 0.05) is 23.8 Å². The highest BCUT2D eigenvalue weighted by Gasteiger charge is 2.38. The summed E-state index contributed by atoms with van der Waals surface area (Å²) in [6, 6.07) is 3.96. The van der Waals surface area contributed by atoms with Crippen LogP contribution in [0.25, 0.3) is 5.65 Å². The maximum Gasteiger partial charge on any atom is 0.231 e. The summed E-state index contributed by atoms with van der Waals surface area (Å²) in [5, 5.41) is 8.63. The Labute approximate surface area is 126 Å². The third-order valence-corrected chi connectivity index (χ3v) is 4.53. The van der Waals surface area contributed by atoms with Gasteiger partial charge in [0.25, 0.3) is 0 Å². The number of ether oxygens (including phenoxy) is 1. The van der Waals surface area contributed by atoms with Gasteiger partial charge in [-0.2, -0.15) is 0 Å². The Balaban J connectivity index is 1.68. The number of fused-ring (bicyclic) bond motifs is 1. The van der Waals surface area contributed by atoms with Crippen LogP contribution >= 0.6 is 15.9 Å². The average Bonchev–Trinajstić information content (AvgIpc) is 3.19. The SMILES string of the molecule is C[C@H]1CN(c2nnc3ccc(Br)cn23)C[C@H](C2CC2)O1. The largest absolute Gasteiger partial charge is 0.371 e. The molecule has 0 aromatic carbocycles. The van der Waals surface area contributed by atoms with Gasteiger partial charge in [-0.3, -0.25) is 4.40 Å². The van der Waals surface area contributed by atoms with Crippen LogP contribution in [0.4, 0.5) is 5.95 Å². The van der Waals surface area contributed by atoms with Gasteiger partial charge < -0.3 is 9.64 Å². The van der Waals surface area contributed by atoms with Crippen LogP contribution in [0.2, 0.25) is 0 Å². The molecule has 20 heavy (non-hydrogen) atoms. The summed E-state index contributed by atoms with van der Waals surface area (Å²) < 4.78 is 9.15. The molecule has 5 nitrogen and oxygen atoms in total. The maximum absolute atomic E-state index is 6.07. The van der Waals surface area contributed by atoms with E-state index in [4.69, 9.17) is 4.74 Å². The van der Waals surface area contributed by atoms with Gasteiger partial charge in [0.2, 0.25) is 5.95 Å². The Morgan fingerprint density at radius 2 is 2.10 bits per heavy atom. The highest BCUT2D eigenvalue weighted by atomic mass is 79.9. The van der Waals surface area contributed by atoms with Crippen molar-refractivity contribution < 1.29 is 4.74 Å². The quantitative estimate of drug-likeness (QED) is 0.845. The zero-order valence-corrected chi connectivity index (χ0v) is 13.0. The fourth-order valence-electron chi connectivity index (χ4n) is 2.95. The predicted molar refractivity (Wildman–Crippen MR) is 80.0 cm³/mol. The lowest BCUT2D eigenvalue weighted by molar-refractivity contribution is -0.0276. The minimum absolute atomic E-state index is 0.244. The molecule has 0 amide bonds. The summed E-state index contributed by atoms with van der Waals surface area (Å²) in [5.74, 6) is 1.66. The number of rotatable bonds is 2. The number of anilines is 1. The standard InChI is InChI=1S/C14H17BrN4O/c1-9-6-18(8-12(20-9)10-2-3-10)14-17-16-13-5-4-11(15)7-19(13)14/h4-5,7,9-10,12H,2-3,6,8H2,1H3/t9-,12+/m0/s1. The first-order valence-electron chi connectivity index (χ1n) is 7.11. The van der Waals surface area contributed by atoms with Crippen molar-refractivity contribution in [3.05, 3.63) is 22.8 Å². The predicted octanol–water partition coefficient (Wildman–Crippen LogP) is 2.50. The minimum atomic E-state index is 0.244. The van der Waals surface area contributed by atoms with Crippen LogP contribution in [0.1, 0.15) is 19.8 Å². The lowest BCUT2D eigenvalue weighted by Crippen LogP contribution is -2.48. The molecule has 1 saturated heterocycles. The molecular formula is C14H17BrN4O. The van der Waals surface area contributed by atoms with E-state index in [1.807, 2.05) is 22.7 Å². The summed E-state index contributed by atoms with van der Waals surface area (Å²) in [6.45, 7) is 3.93. The summed E-state index contributed by atoms with van der Waals surface area (Å²) in [5.41, 5.74) is 0.880. The molecule has 1 saturated carbocycles. The van der Waals surface area contributed by atoms with Crippen molar-refractivity contribution >= 4 is 27.5 Å². The third kappa shape index (κ3) is 2.20. The first kappa shape index (κ1) is 12.6. The monoisotopic (exact) mass is 336 g/mol. The molecule has 106 valence electrons. The Bertz CT molecular complexity index is 639. The van der Waals surface area contributed by atoms with Crippen molar-refractivity contribution in [3.63, 3.8) is 0 Å². The second kappa shape index (κ2) is 4.70. The van der Waals surface area contributed by atoms with Gasteiger partial charge in [0.1, 0.15) is 0 Å². The van der Waals surface area contributed by atoms with Crippen LogP contribution in [-0.2, 0) is 4.74 Å². The minimum Gasteiger partial charge on any atom is -0.371 e. The zero-order chi connectivity index (χ0) is 13.7. The Hall–Kier alpha value is -1.14. The fraction of sp³-hybridized carbons (Fsp3) is 0.571. The van der Waals surface area contributed by atoms with Gasteiger partial charge in [-0.05, 0) is 53.7 Å². The fourth-order valence-corrected chi connectivity index (χ4v) is 3.28. The van der Waals surface area contributed by atoms with Crippen LogP contribution in [0, 0.1) is 5.92 Å². The second-order valence-corrected chi connectivity index (χ2v) is 6.72. The molecule has 2 aromatic rings. The molecule has 0 N–H and O–H groups in total. The molecular weight excluding hydrogens is 320 g/mol. The number of pyridine rings is 1. The van der Waals surface area contributed by atoms with Crippen LogP contribution in [-0.4, -0.2) is 39.9 Å². The Morgan fingerprint density at radius 1 is 1.25 bits per heavy atom. The van der Waals surface area contributed by atoms with E-state index in [0.29, 0.717) is 6.10 Å². The summed E-state index contributed by atoms with van der Waals surface area (Å²) in [4.78, 5) is 2.31. The number of aromatic nitrogens is 3. The molecule has 0 unspecified atom stereocenters. The molecule has 2 aliphatic rings. The summed E-state index contributed by atoms with van der Waals surface area (Å²) in [7, 11) is 0. The Morgan fingerprint density at radius 3 is 2.90 bits per heavy atom. The van der Waals surface area contributed by atoms with E-state index < -0.39 is 0 Å². The lowest BCUT2D eigenvalue weighted by atomic mass is 10.1. The van der Waals surface area contributed by atoms with Crippen LogP contribution in [0.5, 0.6) is 0 Å². The van der Waals surface area contributed by atoms with E-state index >= 15 is 0 Å². The van der Waals surface area contributed by atoms with Crippen molar-refractivity contribution in [1.82, 2.24) is 14.6 Å². The van der Waals surface area contributed by atoms with Crippen LogP contribution in [0.3, 0.4) is 0 Å². The number of nitrogens with zero attached hydrogens (tertiary/aromatic N) is 4.